The lowest BCUT2D eigenvalue weighted by Gasteiger charge is -2.04. The standard InChI is InChI=1S/C14H13NO3/c16-13-6-2-1-4-11(13)10-15-14(17)8-7-12-5-3-9-18-12/h1-9,16H,10H2,(H,15,17)/b8-7+. The predicted molar refractivity (Wildman–Crippen MR) is 67.7 cm³/mol. The van der Waals surface area contributed by atoms with E-state index in [0.29, 0.717) is 11.3 Å². The van der Waals surface area contributed by atoms with Gasteiger partial charge in [0.25, 0.3) is 0 Å². The molecule has 2 N–H and O–H groups in total. The van der Waals surface area contributed by atoms with Crippen molar-refractivity contribution in [3.63, 3.8) is 0 Å². The maximum absolute atomic E-state index is 11.5. The Bertz CT molecular complexity index is 544. The molecule has 0 bridgehead atoms. The van der Waals surface area contributed by atoms with Crippen LogP contribution in [0.4, 0.5) is 0 Å². The number of aromatic hydroxyl groups is 1. The molecule has 1 aromatic heterocycles. The molecule has 18 heavy (non-hydrogen) atoms. The summed E-state index contributed by atoms with van der Waals surface area (Å²) in [7, 11) is 0. The van der Waals surface area contributed by atoms with Gasteiger partial charge < -0.3 is 14.8 Å². The highest BCUT2D eigenvalue weighted by atomic mass is 16.3. The molecule has 2 aromatic rings. The second-order valence-corrected chi connectivity index (χ2v) is 3.70. The smallest absolute Gasteiger partial charge is 0.244 e. The number of para-hydroxylation sites is 1. The molecular formula is C14H13NO3. The Morgan fingerprint density at radius 2 is 2.11 bits per heavy atom. The van der Waals surface area contributed by atoms with Gasteiger partial charge in [0, 0.05) is 18.2 Å². The van der Waals surface area contributed by atoms with Crippen LogP contribution in [-0.2, 0) is 11.3 Å². The third-order valence-corrected chi connectivity index (χ3v) is 2.39. The summed E-state index contributed by atoms with van der Waals surface area (Å²) >= 11 is 0. The molecule has 0 aliphatic rings. The van der Waals surface area contributed by atoms with E-state index in [2.05, 4.69) is 5.32 Å². The topological polar surface area (TPSA) is 62.5 Å². The van der Waals surface area contributed by atoms with Gasteiger partial charge in [0.1, 0.15) is 11.5 Å². The highest BCUT2D eigenvalue weighted by molar-refractivity contribution is 5.91. The largest absolute Gasteiger partial charge is 0.508 e. The second-order valence-electron chi connectivity index (χ2n) is 3.70. The van der Waals surface area contributed by atoms with Gasteiger partial charge in [0.05, 0.1) is 6.26 Å². The lowest BCUT2D eigenvalue weighted by molar-refractivity contribution is -0.116. The van der Waals surface area contributed by atoms with Crippen LogP contribution in [0.3, 0.4) is 0 Å². The first-order valence-electron chi connectivity index (χ1n) is 5.52. The molecule has 0 aliphatic carbocycles. The van der Waals surface area contributed by atoms with E-state index >= 15 is 0 Å². The fraction of sp³-hybridized carbons (Fsp3) is 0.0714. The number of nitrogens with one attached hydrogen (secondary N) is 1. The average molecular weight is 243 g/mol. The van der Waals surface area contributed by atoms with Gasteiger partial charge in [-0.25, -0.2) is 0 Å². The first-order valence-corrected chi connectivity index (χ1v) is 5.52. The van der Waals surface area contributed by atoms with E-state index in [0.717, 1.165) is 0 Å². The highest BCUT2D eigenvalue weighted by Gasteiger charge is 2.01. The van der Waals surface area contributed by atoms with Crippen LogP contribution in [0.15, 0.2) is 53.2 Å². The fourth-order valence-corrected chi connectivity index (χ4v) is 1.45. The van der Waals surface area contributed by atoms with E-state index in [1.807, 2.05) is 0 Å². The molecule has 0 saturated carbocycles. The van der Waals surface area contributed by atoms with Gasteiger partial charge in [0.2, 0.25) is 5.91 Å². The molecular weight excluding hydrogens is 230 g/mol. The number of benzene rings is 1. The summed E-state index contributed by atoms with van der Waals surface area (Å²) in [6, 6.07) is 10.4. The number of furan rings is 1. The van der Waals surface area contributed by atoms with Crippen LogP contribution in [0.1, 0.15) is 11.3 Å². The molecule has 0 spiro atoms. The summed E-state index contributed by atoms with van der Waals surface area (Å²) in [6.45, 7) is 0.286. The molecule has 0 aliphatic heterocycles. The SMILES string of the molecule is O=C(/C=C/c1ccco1)NCc1ccccc1O. The third-order valence-electron chi connectivity index (χ3n) is 2.39. The Kier molecular flexibility index (Phi) is 3.81. The maximum Gasteiger partial charge on any atom is 0.244 e. The summed E-state index contributed by atoms with van der Waals surface area (Å²) in [6.07, 6.45) is 4.51. The Morgan fingerprint density at radius 1 is 1.28 bits per heavy atom. The Hall–Kier alpha value is -2.49. The summed E-state index contributed by atoms with van der Waals surface area (Å²) in [5, 5.41) is 12.2. The number of phenolic OH excluding ortho intramolecular Hbond substituents is 1. The maximum atomic E-state index is 11.5. The van der Waals surface area contributed by atoms with Gasteiger partial charge in [-0.3, -0.25) is 4.79 Å². The Morgan fingerprint density at radius 3 is 2.83 bits per heavy atom. The summed E-state index contributed by atoms with van der Waals surface area (Å²) in [5.41, 5.74) is 0.678. The monoisotopic (exact) mass is 243 g/mol. The van der Waals surface area contributed by atoms with Gasteiger partial charge in [0.15, 0.2) is 0 Å². The Labute approximate surface area is 105 Å². The van der Waals surface area contributed by atoms with E-state index < -0.39 is 0 Å². The first-order chi connectivity index (χ1) is 8.75. The third kappa shape index (κ3) is 3.25. The summed E-state index contributed by atoms with van der Waals surface area (Å²) in [5.74, 6) is 0.551. The predicted octanol–water partition coefficient (Wildman–Crippen LogP) is 2.31. The van der Waals surface area contributed by atoms with Crippen molar-refractivity contribution in [3.8, 4) is 5.75 Å². The van der Waals surface area contributed by atoms with Gasteiger partial charge in [-0.1, -0.05) is 18.2 Å². The van der Waals surface area contributed by atoms with Crippen LogP contribution in [-0.4, -0.2) is 11.0 Å². The van der Waals surface area contributed by atoms with Crippen molar-refractivity contribution in [2.24, 2.45) is 0 Å². The molecule has 0 saturated heterocycles. The number of carbonyl (C=O) groups excluding carboxylic acids is 1. The molecule has 92 valence electrons. The normalized spacial score (nSPS) is 10.7. The van der Waals surface area contributed by atoms with Gasteiger partial charge in [-0.15, -0.1) is 0 Å². The van der Waals surface area contributed by atoms with Gasteiger partial charge >= 0.3 is 0 Å². The molecule has 4 nitrogen and oxygen atoms in total. The lowest BCUT2D eigenvalue weighted by Crippen LogP contribution is -2.20. The van der Waals surface area contributed by atoms with Crippen LogP contribution >= 0.6 is 0 Å². The van der Waals surface area contributed by atoms with Crippen molar-refractivity contribution in [2.75, 3.05) is 0 Å². The average Bonchev–Trinajstić information content (AvgIpc) is 2.88. The molecule has 1 heterocycles. The number of hydrogen-bond donors (Lipinski definition) is 2. The number of amides is 1. The summed E-state index contributed by atoms with van der Waals surface area (Å²) in [4.78, 5) is 11.5. The van der Waals surface area contributed by atoms with Crippen molar-refractivity contribution in [2.45, 2.75) is 6.54 Å². The first kappa shape index (κ1) is 12.0. The van der Waals surface area contributed by atoms with Crippen LogP contribution in [0.25, 0.3) is 6.08 Å². The number of phenols is 1. The molecule has 0 fully saturated rings. The van der Waals surface area contributed by atoms with Gasteiger partial charge in [-0.2, -0.15) is 0 Å². The van der Waals surface area contributed by atoms with Crippen molar-refractivity contribution >= 4 is 12.0 Å². The van der Waals surface area contributed by atoms with Crippen molar-refractivity contribution in [1.29, 1.82) is 0 Å². The van der Waals surface area contributed by atoms with E-state index in [4.69, 9.17) is 4.42 Å². The molecule has 1 aromatic carbocycles. The molecule has 0 radical (unpaired) electrons. The van der Waals surface area contributed by atoms with Crippen molar-refractivity contribution < 1.29 is 14.3 Å². The minimum absolute atomic E-state index is 0.174. The molecule has 0 unspecified atom stereocenters. The summed E-state index contributed by atoms with van der Waals surface area (Å²) < 4.78 is 5.06. The minimum Gasteiger partial charge on any atom is -0.508 e. The Balaban J connectivity index is 1.87. The van der Waals surface area contributed by atoms with E-state index in [1.165, 1.54) is 6.08 Å². The van der Waals surface area contributed by atoms with Crippen molar-refractivity contribution in [3.05, 3.63) is 60.1 Å². The molecule has 2 rings (SSSR count). The molecule has 1 amide bonds. The van der Waals surface area contributed by atoms with Crippen molar-refractivity contribution in [1.82, 2.24) is 5.32 Å². The van der Waals surface area contributed by atoms with E-state index in [-0.39, 0.29) is 18.2 Å². The van der Waals surface area contributed by atoms with E-state index in [9.17, 15) is 9.90 Å². The lowest BCUT2D eigenvalue weighted by atomic mass is 10.2. The zero-order chi connectivity index (χ0) is 12.8. The second kappa shape index (κ2) is 5.72. The zero-order valence-electron chi connectivity index (χ0n) is 9.67. The number of rotatable bonds is 4. The molecule has 0 atom stereocenters. The minimum atomic E-state index is -0.241. The number of carbonyl (C=O) groups is 1. The zero-order valence-corrected chi connectivity index (χ0v) is 9.67. The van der Waals surface area contributed by atoms with Crippen LogP contribution in [0, 0.1) is 0 Å². The van der Waals surface area contributed by atoms with Crippen LogP contribution < -0.4 is 5.32 Å². The van der Waals surface area contributed by atoms with E-state index in [1.54, 1.807) is 48.7 Å². The molecule has 4 heteroatoms. The fourth-order valence-electron chi connectivity index (χ4n) is 1.45. The number of hydrogen-bond acceptors (Lipinski definition) is 3. The quantitative estimate of drug-likeness (QED) is 0.810. The van der Waals surface area contributed by atoms with Crippen LogP contribution in [0.5, 0.6) is 5.75 Å². The van der Waals surface area contributed by atoms with Gasteiger partial charge in [-0.05, 0) is 24.3 Å². The highest BCUT2D eigenvalue weighted by Crippen LogP contribution is 2.14. The van der Waals surface area contributed by atoms with Crippen LogP contribution in [0.2, 0.25) is 0 Å².